The molecule has 0 bridgehead atoms. The summed E-state index contributed by atoms with van der Waals surface area (Å²) in [5.41, 5.74) is 7.31. The molecule has 3 aromatic rings. The fourth-order valence-electron chi connectivity index (χ4n) is 2.90. The predicted molar refractivity (Wildman–Crippen MR) is 100 cm³/mol. The summed E-state index contributed by atoms with van der Waals surface area (Å²) in [7, 11) is 0. The van der Waals surface area contributed by atoms with E-state index in [1.54, 1.807) is 24.3 Å². The zero-order valence-corrected chi connectivity index (χ0v) is 14.3. The van der Waals surface area contributed by atoms with Gasteiger partial charge in [0.2, 0.25) is 0 Å². The molecule has 0 spiro atoms. The Morgan fingerprint density at radius 3 is 1.73 bits per heavy atom. The molecule has 0 saturated heterocycles. The van der Waals surface area contributed by atoms with Crippen LogP contribution in [-0.2, 0) is 21.7 Å². The van der Waals surface area contributed by atoms with Crippen LogP contribution in [0.4, 0.5) is 0 Å². The van der Waals surface area contributed by atoms with Crippen LogP contribution in [0.2, 0.25) is 0 Å². The van der Waals surface area contributed by atoms with Crippen LogP contribution in [0.1, 0.15) is 16.7 Å². The number of aliphatic hydroxyl groups excluding tert-OH is 1. The Labute approximate surface area is 152 Å². The van der Waals surface area contributed by atoms with Gasteiger partial charge in [-0.1, -0.05) is 91.0 Å². The lowest BCUT2D eigenvalue weighted by molar-refractivity contribution is -0.158. The maximum absolute atomic E-state index is 12.6. The second-order valence-electron chi connectivity index (χ2n) is 6.10. The van der Waals surface area contributed by atoms with Gasteiger partial charge < -0.3 is 15.6 Å². The van der Waals surface area contributed by atoms with Crippen LogP contribution in [0.25, 0.3) is 0 Å². The molecule has 0 aliphatic carbocycles. The Bertz CT molecular complexity index is 796. The maximum atomic E-state index is 12.6. The molecular formula is C22H21NO3. The molecule has 4 heteroatoms. The molecule has 3 N–H and O–H groups in total. The van der Waals surface area contributed by atoms with Gasteiger partial charge in [-0.05, 0) is 16.7 Å². The lowest BCUT2D eigenvalue weighted by Crippen LogP contribution is -2.53. The molecule has 26 heavy (non-hydrogen) atoms. The highest BCUT2D eigenvalue weighted by Crippen LogP contribution is 2.31. The summed E-state index contributed by atoms with van der Waals surface area (Å²) < 4.78 is 5.31. The van der Waals surface area contributed by atoms with Crippen LogP contribution in [-0.4, -0.2) is 17.2 Å². The van der Waals surface area contributed by atoms with Gasteiger partial charge in [0.05, 0.1) is 0 Å². The molecule has 3 rings (SSSR count). The highest BCUT2D eigenvalue weighted by atomic mass is 16.5. The zero-order chi connectivity index (χ0) is 18.4. The normalized spacial score (nSPS) is 12.4. The van der Waals surface area contributed by atoms with E-state index in [1.807, 2.05) is 66.7 Å². The average Bonchev–Trinajstić information content (AvgIpc) is 2.73. The van der Waals surface area contributed by atoms with Crippen molar-refractivity contribution in [1.82, 2.24) is 0 Å². The lowest BCUT2D eigenvalue weighted by Gasteiger charge is -2.34. The Balaban J connectivity index is 1.88. The smallest absolute Gasteiger partial charge is 0.337 e. The number of aliphatic hydroxyl groups is 1. The third-order valence-electron chi connectivity index (χ3n) is 4.38. The first-order chi connectivity index (χ1) is 12.6. The van der Waals surface area contributed by atoms with Gasteiger partial charge >= 0.3 is 5.97 Å². The Morgan fingerprint density at radius 1 is 0.846 bits per heavy atom. The summed E-state index contributed by atoms with van der Waals surface area (Å²) in [5, 5.41) is 10.8. The Hall–Kier alpha value is -2.95. The quantitative estimate of drug-likeness (QED) is 0.673. The first kappa shape index (κ1) is 17.9. The van der Waals surface area contributed by atoms with E-state index in [2.05, 4.69) is 0 Å². The van der Waals surface area contributed by atoms with Gasteiger partial charge in [0.25, 0.3) is 0 Å². The summed E-state index contributed by atoms with van der Waals surface area (Å²) in [6, 6.07) is 27.5. The standard InChI is InChI=1S/C22H21NO3/c23-22(18-12-6-2-7-13-18,19-14-8-3-9-15-19)20(24)21(25)26-16-17-10-4-1-5-11-17/h1-15,20,24H,16,23H2. The number of nitrogens with two attached hydrogens (primary N) is 1. The molecule has 132 valence electrons. The molecule has 1 unspecified atom stereocenters. The van der Waals surface area contributed by atoms with Crippen molar-refractivity contribution in [3.05, 3.63) is 108 Å². The van der Waals surface area contributed by atoms with Crippen molar-refractivity contribution in [3.63, 3.8) is 0 Å². The third-order valence-corrected chi connectivity index (χ3v) is 4.38. The number of ether oxygens (including phenoxy) is 1. The van der Waals surface area contributed by atoms with E-state index in [-0.39, 0.29) is 6.61 Å². The number of benzene rings is 3. The second kappa shape index (κ2) is 7.95. The van der Waals surface area contributed by atoms with Gasteiger partial charge in [-0.15, -0.1) is 0 Å². The molecule has 4 nitrogen and oxygen atoms in total. The van der Waals surface area contributed by atoms with Crippen molar-refractivity contribution in [2.24, 2.45) is 5.73 Å². The van der Waals surface area contributed by atoms with Gasteiger partial charge in [-0.2, -0.15) is 0 Å². The van der Waals surface area contributed by atoms with E-state index >= 15 is 0 Å². The molecule has 3 aromatic carbocycles. The van der Waals surface area contributed by atoms with E-state index in [9.17, 15) is 9.90 Å². The maximum Gasteiger partial charge on any atom is 0.337 e. The largest absolute Gasteiger partial charge is 0.459 e. The van der Waals surface area contributed by atoms with Crippen LogP contribution in [0.15, 0.2) is 91.0 Å². The van der Waals surface area contributed by atoms with E-state index in [0.29, 0.717) is 11.1 Å². The van der Waals surface area contributed by atoms with Crippen LogP contribution >= 0.6 is 0 Å². The van der Waals surface area contributed by atoms with E-state index < -0.39 is 17.6 Å². The number of rotatable bonds is 6. The topological polar surface area (TPSA) is 72.5 Å². The van der Waals surface area contributed by atoms with E-state index in [4.69, 9.17) is 10.5 Å². The number of hydrogen-bond donors (Lipinski definition) is 2. The van der Waals surface area contributed by atoms with Crippen molar-refractivity contribution < 1.29 is 14.6 Å². The molecule has 0 aliphatic heterocycles. The molecule has 0 heterocycles. The first-order valence-corrected chi connectivity index (χ1v) is 8.41. The van der Waals surface area contributed by atoms with Crippen molar-refractivity contribution in [1.29, 1.82) is 0 Å². The number of esters is 1. The Kier molecular flexibility index (Phi) is 5.46. The van der Waals surface area contributed by atoms with Crippen molar-refractivity contribution in [2.75, 3.05) is 0 Å². The minimum atomic E-state index is -1.55. The van der Waals surface area contributed by atoms with Crippen LogP contribution < -0.4 is 5.73 Å². The van der Waals surface area contributed by atoms with E-state index in [1.165, 1.54) is 0 Å². The summed E-state index contributed by atoms with van der Waals surface area (Å²) >= 11 is 0. The predicted octanol–water partition coefficient (Wildman–Crippen LogP) is 2.99. The molecule has 0 aromatic heterocycles. The minimum Gasteiger partial charge on any atom is -0.459 e. The highest BCUT2D eigenvalue weighted by molar-refractivity contribution is 5.78. The summed E-state index contributed by atoms with van der Waals surface area (Å²) in [6.45, 7) is 0.0798. The summed E-state index contributed by atoms with van der Waals surface area (Å²) in [6.07, 6.45) is -1.55. The van der Waals surface area contributed by atoms with Gasteiger partial charge in [0.1, 0.15) is 12.1 Å². The van der Waals surface area contributed by atoms with Gasteiger partial charge in [-0.3, -0.25) is 0 Å². The monoisotopic (exact) mass is 347 g/mol. The molecule has 0 saturated carbocycles. The van der Waals surface area contributed by atoms with Crippen molar-refractivity contribution >= 4 is 5.97 Å². The molecule has 1 atom stereocenters. The average molecular weight is 347 g/mol. The molecule has 0 amide bonds. The van der Waals surface area contributed by atoms with Crippen molar-refractivity contribution in [2.45, 2.75) is 18.2 Å². The van der Waals surface area contributed by atoms with Crippen LogP contribution in [0.5, 0.6) is 0 Å². The van der Waals surface area contributed by atoms with Gasteiger partial charge in [0.15, 0.2) is 6.10 Å². The van der Waals surface area contributed by atoms with Crippen molar-refractivity contribution in [3.8, 4) is 0 Å². The fourth-order valence-corrected chi connectivity index (χ4v) is 2.90. The second-order valence-corrected chi connectivity index (χ2v) is 6.10. The molecular weight excluding hydrogens is 326 g/mol. The zero-order valence-electron chi connectivity index (χ0n) is 14.3. The van der Waals surface area contributed by atoms with Crippen LogP contribution in [0, 0.1) is 0 Å². The van der Waals surface area contributed by atoms with Crippen LogP contribution in [0.3, 0.4) is 0 Å². The number of carbonyl (C=O) groups is 1. The molecule has 0 radical (unpaired) electrons. The fraction of sp³-hybridized carbons (Fsp3) is 0.136. The molecule has 0 fully saturated rings. The highest BCUT2D eigenvalue weighted by Gasteiger charge is 2.42. The lowest BCUT2D eigenvalue weighted by atomic mass is 9.79. The minimum absolute atomic E-state index is 0.0798. The SMILES string of the molecule is NC(c1ccccc1)(c1ccccc1)C(O)C(=O)OCc1ccccc1. The number of hydrogen-bond acceptors (Lipinski definition) is 4. The van der Waals surface area contributed by atoms with Gasteiger partial charge in [0, 0.05) is 0 Å². The Morgan fingerprint density at radius 2 is 1.27 bits per heavy atom. The third kappa shape index (κ3) is 3.67. The number of carbonyl (C=O) groups excluding carboxylic acids is 1. The van der Waals surface area contributed by atoms with Gasteiger partial charge in [-0.25, -0.2) is 4.79 Å². The summed E-state index contributed by atoms with van der Waals surface area (Å²) in [5.74, 6) is -0.760. The summed E-state index contributed by atoms with van der Waals surface area (Å²) in [4.78, 5) is 12.6. The van der Waals surface area contributed by atoms with E-state index in [0.717, 1.165) is 5.56 Å². The molecule has 0 aliphatic rings. The first-order valence-electron chi connectivity index (χ1n) is 8.41.